The summed E-state index contributed by atoms with van der Waals surface area (Å²) in [5, 5.41) is 28.3. The minimum atomic E-state index is 0.822. The second-order valence-corrected chi connectivity index (χ2v) is 36.9. The molecule has 0 fully saturated rings. The van der Waals surface area contributed by atoms with Gasteiger partial charge in [-0.25, -0.2) is 0 Å². The van der Waals surface area contributed by atoms with Crippen LogP contribution in [-0.2, 0) is 0 Å². The molecule has 0 unspecified atom stereocenters. The predicted octanol–water partition coefficient (Wildman–Crippen LogP) is 38.0. The lowest BCUT2D eigenvalue weighted by Gasteiger charge is -2.27. The quantitative estimate of drug-likeness (QED) is 0.114. The number of aromatic nitrogens is 1. The van der Waals surface area contributed by atoms with Crippen LogP contribution in [0.25, 0.3) is 246 Å². The zero-order valence-electron chi connectivity index (χ0n) is 75.9. The van der Waals surface area contributed by atoms with Crippen molar-refractivity contribution in [2.45, 2.75) is 13.8 Å². The van der Waals surface area contributed by atoms with Crippen LogP contribution >= 0.6 is 0 Å². The molecule has 7 nitrogen and oxygen atoms in total. The Hall–Kier alpha value is -18.3. The molecule has 0 aliphatic rings. The Kier molecular flexibility index (Phi) is 18.1. The van der Waals surface area contributed by atoms with Gasteiger partial charge in [0, 0.05) is 123 Å². The van der Waals surface area contributed by atoms with Crippen molar-refractivity contribution < 1.29 is 17.7 Å². The summed E-state index contributed by atoms with van der Waals surface area (Å²) in [6.45, 7) is 4.30. The standard InChI is InChI=1S/C67H42N2O2.C65H41NO2/c1-41-13-11-24-62-66(41)58-33-30-50(40-65(58)70-62)68(61-37-46-16-7-8-19-51(46)53-20-9-10-21-54(53)61)49-29-32-56-55-31-27-47(38-63(55)71-64(56)39-49)52-22-12-23-57-59-36-45(44-26-25-42-14-5-6-15-43(42)35-44)28-34-60(59)69(67(52)57)48-17-3-2-4-18-48;1-40-13-8-28-61-65(40)59-34-31-47(39-64(59)67-61)66(60-36-45-15-3-5-20-49(45)53-21-6-7-22-56(53)60)46-30-33-58-57-32-29-43(37-62(57)68-63(58)38-46)42-17-9-18-44(35-42)50-23-11-26-55-52(50)25-12-27-54(55)51-24-10-16-41-14-2-4-19-48(41)51/h2-40H,1H3;2-39H,1H3. The van der Waals surface area contributed by atoms with Gasteiger partial charge in [0.2, 0.25) is 0 Å². The van der Waals surface area contributed by atoms with E-state index in [-0.39, 0.29) is 0 Å². The van der Waals surface area contributed by atoms with Gasteiger partial charge >= 0.3 is 0 Å². The van der Waals surface area contributed by atoms with E-state index in [9.17, 15) is 0 Å². The molecular formula is C132H83N3O4. The molecule has 0 radical (unpaired) electrons. The van der Waals surface area contributed by atoms with E-state index >= 15 is 0 Å². The maximum atomic E-state index is 6.99. The number of anilines is 6. The number of hydrogen-bond donors (Lipinski definition) is 0. The molecule has 0 aliphatic carbocycles. The summed E-state index contributed by atoms with van der Waals surface area (Å²) in [5.74, 6) is 0. The zero-order chi connectivity index (χ0) is 91.6. The van der Waals surface area contributed by atoms with Crippen LogP contribution in [0, 0.1) is 13.8 Å². The van der Waals surface area contributed by atoms with Gasteiger partial charge in [-0.1, -0.05) is 309 Å². The van der Waals surface area contributed by atoms with Crippen LogP contribution in [0.3, 0.4) is 0 Å². The third-order valence-electron chi connectivity index (χ3n) is 29.0. The molecule has 0 amide bonds. The average Bonchev–Trinajstić information content (AvgIpc) is 1.61. The summed E-state index contributed by atoms with van der Waals surface area (Å²) >= 11 is 0. The fraction of sp³-hybridized carbons (Fsp3) is 0.0152. The molecule has 0 N–H and O–H groups in total. The lowest BCUT2D eigenvalue weighted by Crippen LogP contribution is -2.10. The number of hydrogen-bond acceptors (Lipinski definition) is 6. The minimum Gasteiger partial charge on any atom is -0.456 e. The van der Waals surface area contributed by atoms with Gasteiger partial charge in [0.1, 0.15) is 44.7 Å². The van der Waals surface area contributed by atoms with Gasteiger partial charge in [0.05, 0.1) is 22.4 Å². The first kappa shape index (κ1) is 79.3. The zero-order valence-corrected chi connectivity index (χ0v) is 75.9. The molecular weight excluding hydrogens is 1690 g/mol. The van der Waals surface area contributed by atoms with Crippen molar-refractivity contribution in [3.63, 3.8) is 0 Å². The Morgan fingerprint density at radius 2 is 0.547 bits per heavy atom. The van der Waals surface area contributed by atoms with Gasteiger partial charge in [-0.05, 0) is 273 Å². The summed E-state index contributed by atoms with van der Waals surface area (Å²) < 4.78 is 29.4. The molecule has 139 heavy (non-hydrogen) atoms. The molecule has 0 saturated carbocycles. The first-order valence-electron chi connectivity index (χ1n) is 47.6. The number of benzene rings is 24. The van der Waals surface area contributed by atoms with Crippen LogP contribution in [0.5, 0.6) is 0 Å². The van der Waals surface area contributed by atoms with Crippen LogP contribution in [0.2, 0.25) is 0 Å². The lowest BCUT2D eigenvalue weighted by molar-refractivity contribution is 0.668. The number of nitrogens with zero attached hydrogens (tertiary/aromatic N) is 3. The van der Waals surface area contributed by atoms with Gasteiger partial charge in [0.25, 0.3) is 0 Å². The van der Waals surface area contributed by atoms with Crippen molar-refractivity contribution in [3.8, 4) is 61.3 Å². The third kappa shape index (κ3) is 13.0. The molecule has 0 aliphatic heterocycles. The Balaban J connectivity index is 0.000000137. The molecule has 24 aromatic carbocycles. The van der Waals surface area contributed by atoms with E-state index in [0.29, 0.717) is 0 Å². The van der Waals surface area contributed by atoms with E-state index in [1.807, 2.05) is 0 Å². The maximum absolute atomic E-state index is 6.99. The number of aryl methyl sites for hydroxylation is 2. The SMILES string of the molecule is Cc1cccc2oc3cc(N(c4ccc5c(c4)oc4cc(-c6cccc(-c7cccc8c(-c9cccc%10ccccc9%10)cccc78)c6)ccc45)c4cc5ccccc5c5ccccc45)ccc3c12.Cc1cccc2oc3cc(N(c4ccc5c(c4)oc4cc(-c6cccc7c8cc(-c9ccc%10ccccc%10c9)ccc8n(-c8ccccc8)c67)ccc45)c4cc5ccccc5c5ccccc45)ccc3c12. The average molecular weight is 1780 g/mol. The predicted molar refractivity (Wildman–Crippen MR) is 585 cm³/mol. The highest BCUT2D eigenvalue weighted by Crippen LogP contribution is 2.51. The van der Waals surface area contributed by atoms with Crippen molar-refractivity contribution in [1.82, 2.24) is 4.57 Å². The third-order valence-corrected chi connectivity index (χ3v) is 29.0. The van der Waals surface area contributed by atoms with Gasteiger partial charge in [-0.3, -0.25) is 0 Å². The minimum absolute atomic E-state index is 0.822. The van der Waals surface area contributed by atoms with E-state index in [2.05, 4.69) is 495 Å². The van der Waals surface area contributed by atoms with Crippen molar-refractivity contribution in [2.75, 3.05) is 9.80 Å². The van der Waals surface area contributed by atoms with Crippen molar-refractivity contribution >= 4 is 219 Å². The molecule has 0 atom stereocenters. The number of fused-ring (bicyclic) bond motifs is 24. The van der Waals surface area contributed by atoms with Crippen molar-refractivity contribution in [1.29, 1.82) is 0 Å². The first-order valence-corrected chi connectivity index (χ1v) is 47.6. The molecule has 0 saturated heterocycles. The summed E-state index contributed by atoms with van der Waals surface area (Å²) in [7, 11) is 0. The molecule has 650 valence electrons. The normalized spacial score (nSPS) is 12.0. The van der Waals surface area contributed by atoms with Gasteiger partial charge in [0.15, 0.2) is 0 Å². The fourth-order valence-electron chi connectivity index (χ4n) is 22.5. The Morgan fingerprint density at radius 1 is 0.180 bits per heavy atom. The summed E-state index contributed by atoms with van der Waals surface area (Å²) in [4.78, 5) is 4.72. The summed E-state index contributed by atoms with van der Waals surface area (Å²) in [6, 6.07) is 169. The molecule has 0 spiro atoms. The highest BCUT2D eigenvalue weighted by atomic mass is 16.3. The Labute approximate surface area is 798 Å². The van der Waals surface area contributed by atoms with E-state index < -0.39 is 0 Å². The van der Waals surface area contributed by atoms with Crippen LogP contribution < -0.4 is 9.80 Å². The van der Waals surface area contributed by atoms with Crippen LogP contribution in [0.15, 0.2) is 485 Å². The van der Waals surface area contributed by atoms with Gasteiger partial charge in [-0.15, -0.1) is 0 Å². The van der Waals surface area contributed by atoms with Crippen molar-refractivity contribution in [2.24, 2.45) is 0 Å². The van der Waals surface area contributed by atoms with Crippen LogP contribution in [-0.4, -0.2) is 4.57 Å². The van der Waals surface area contributed by atoms with E-state index in [0.717, 1.165) is 166 Å². The number of para-hydroxylation sites is 2. The molecule has 5 heterocycles. The van der Waals surface area contributed by atoms with E-state index in [4.69, 9.17) is 17.7 Å². The van der Waals surface area contributed by atoms with E-state index in [1.54, 1.807) is 0 Å². The lowest BCUT2D eigenvalue weighted by atomic mass is 9.90. The van der Waals surface area contributed by atoms with Crippen LogP contribution in [0.1, 0.15) is 11.1 Å². The molecule has 5 aromatic heterocycles. The van der Waals surface area contributed by atoms with Crippen LogP contribution in [0.4, 0.5) is 34.1 Å². The number of furan rings is 4. The van der Waals surface area contributed by atoms with Crippen molar-refractivity contribution in [3.05, 3.63) is 478 Å². The first-order chi connectivity index (χ1) is 68.7. The number of rotatable bonds is 12. The summed E-state index contributed by atoms with van der Waals surface area (Å²) in [6.07, 6.45) is 0. The fourth-order valence-corrected chi connectivity index (χ4v) is 22.5. The second-order valence-electron chi connectivity index (χ2n) is 36.9. The monoisotopic (exact) mass is 1770 g/mol. The molecule has 29 aromatic rings. The smallest absolute Gasteiger partial charge is 0.137 e. The summed E-state index contributed by atoms with van der Waals surface area (Å²) in [5.41, 5.74) is 30.6. The van der Waals surface area contributed by atoms with Gasteiger partial charge < -0.3 is 32.0 Å². The maximum Gasteiger partial charge on any atom is 0.137 e. The van der Waals surface area contributed by atoms with Gasteiger partial charge in [-0.2, -0.15) is 0 Å². The molecule has 0 bridgehead atoms. The Morgan fingerprint density at radius 3 is 1.14 bits per heavy atom. The molecule has 7 heteroatoms. The second kappa shape index (κ2) is 31.7. The topological polar surface area (TPSA) is 64.0 Å². The highest BCUT2D eigenvalue weighted by Gasteiger charge is 2.27. The van der Waals surface area contributed by atoms with E-state index in [1.165, 1.54) is 125 Å². The highest BCUT2D eigenvalue weighted by molar-refractivity contribution is 6.21. The molecule has 29 rings (SSSR count). The largest absolute Gasteiger partial charge is 0.456 e. The Bertz CT molecular complexity index is 10200.